The maximum atomic E-state index is 15.2. The Morgan fingerprint density at radius 2 is 1.77 bits per heavy atom. The molecule has 0 fully saturated rings. The molecule has 168 valence electrons. The van der Waals surface area contributed by atoms with Crippen LogP contribution < -0.4 is 5.32 Å². The molecule has 0 saturated carbocycles. The molecule has 1 amide bonds. The highest BCUT2D eigenvalue weighted by Crippen LogP contribution is 2.37. The SMILES string of the molecule is CCOC(=O)CC(NC(=O)OC(C)(C)C)c1cc(-c2c(Cl)cccc2Cl)cc(C)c1F. The Kier molecular flexibility index (Phi) is 8.32. The van der Waals surface area contributed by atoms with Gasteiger partial charge in [-0.1, -0.05) is 29.3 Å². The van der Waals surface area contributed by atoms with E-state index in [-0.39, 0.29) is 18.6 Å². The molecule has 2 aromatic carbocycles. The van der Waals surface area contributed by atoms with Crippen LogP contribution in [0.3, 0.4) is 0 Å². The van der Waals surface area contributed by atoms with Gasteiger partial charge in [0.1, 0.15) is 11.4 Å². The number of nitrogens with one attached hydrogen (secondary N) is 1. The minimum Gasteiger partial charge on any atom is -0.466 e. The van der Waals surface area contributed by atoms with Crippen molar-refractivity contribution in [2.24, 2.45) is 0 Å². The van der Waals surface area contributed by atoms with Crippen LogP contribution in [0.1, 0.15) is 51.3 Å². The van der Waals surface area contributed by atoms with E-state index in [2.05, 4.69) is 5.32 Å². The van der Waals surface area contributed by atoms with Crippen molar-refractivity contribution in [1.82, 2.24) is 5.32 Å². The third kappa shape index (κ3) is 6.84. The Labute approximate surface area is 191 Å². The largest absolute Gasteiger partial charge is 0.466 e. The molecule has 5 nitrogen and oxygen atoms in total. The summed E-state index contributed by atoms with van der Waals surface area (Å²) in [6.45, 7) is 8.53. The lowest BCUT2D eigenvalue weighted by molar-refractivity contribution is -0.143. The van der Waals surface area contributed by atoms with Crippen LogP contribution in [-0.4, -0.2) is 24.3 Å². The van der Waals surface area contributed by atoms with E-state index < -0.39 is 29.5 Å². The Balaban J connectivity index is 2.54. The van der Waals surface area contributed by atoms with Gasteiger partial charge >= 0.3 is 12.1 Å². The maximum absolute atomic E-state index is 15.2. The molecule has 0 aliphatic carbocycles. The van der Waals surface area contributed by atoms with Crippen molar-refractivity contribution >= 4 is 35.3 Å². The molecule has 0 aliphatic heterocycles. The number of hydrogen-bond acceptors (Lipinski definition) is 4. The van der Waals surface area contributed by atoms with Gasteiger partial charge in [-0.05, 0) is 70.0 Å². The molecule has 0 spiro atoms. The fraction of sp³-hybridized carbons (Fsp3) is 0.391. The molecule has 1 N–H and O–H groups in total. The zero-order chi connectivity index (χ0) is 23.3. The molecule has 0 heterocycles. The van der Waals surface area contributed by atoms with Gasteiger partial charge in [0.25, 0.3) is 0 Å². The van der Waals surface area contributed by atoms with Gasteiger partial charge in [-0.25, -0.2) is 9.18 Å². The van der Waals surface area contributed by atoms with E-state index in [1.54, 1.807) is 58.9 Å². The summed E-state index contributed by atoms with van der Waals surface area (Å²) in [5.74, 6) is -1.14. The molecule has 8 heteroatoms. The van der Waals surface area contributed by atoms with Gasteiger partial charge in [-0.2, -0.15) is 0 Å². The normalized spacial score (nSPS) is 12.3. The summed E-state index contributed by atoms with van der Waals surface area (Å²) >= 11 is 12.7. The number of carbonyl (C=O) groups is 2. The van der Waals surface area contributed by atoms with Crippen LogP contribution in [0.2, 0.25) is 10.0 Å². The van der Waals surface area contributed by atoms with E-state index in [9.17, 15) is 9.59 Å². The second kappa shape index (κ2) is 10.3. The zero-order valence-electron chi connectivity index (χ0n) is 18.1. The van der Waals surface area contributed by atoms with E-state index >= 15 is 4.39 Å². The number of rotatable bonds is 6. The minimum atomic E-state index is -1.02. The number of halogens is 3. The van der Waals surface area contributed by atoms with E-state index in [1.165, 1.54) is 6.07 Å². The van der Waals surface area contributed by atoms with Gasteiger partial charge in [0.05, 0.1) is 19.1 Å². The Morgan fingerprint density at radius 1 is 1.16 bits per heavy atom. The van der Waals surface area contributed by atoms with Gasteiger partial charge in [0, 0.05) is 21.2 Å². The van der Waals surface area contributed by atoms with Crippen molar-refractivity contribution in [3.63, 3.8) is 0 Å². The summed E-state index contributed by atoms with van der Waals surface area (Å²) in [4.78, 5) is 24.6. The van der Waals surface area contributed by atoms with Crippen LogP contribution in [0.15, 0.2) is 30.3 Å². The smallest absolute Gasteiger partial charge is 0.408 e. The topological polar surface area (TPSA) is 64.6 Å². The summed E-state index contributed by atoms with van der Waals surface area (Å²) in [6, 6.07) is 7.18. The number of esters is 1. The average molecular weight is 470 g/mol. The Hall–Kier alpha value is -2.31. The Morgan fingerprint density at radius 3 is 2.32 bits per heavy atom. The summed E-state index contributed by atoms with van der Waals surface area (Å²) < 4.78 is 25.5. The molecule has 0 saturated heterocycles. The first-order chi connectivity index (χ1) is 14.4. The third-order valence-electron chi connectivity index (χ3n) is 4.28. The minimum absolute atomic E-state index is 0.102. The summed E-state index contributed by atoms with van der Waals surface area (Å²) in [5.41, 5.74) is 0.736. The first kappa shape index (κ1) is 25.0. The molecule has 2 aromatic rings. The van der Waals surface area contributed by atoms with Crippen LogP contribution >= 0.6 is 23.2 Å². The molecular formula is C23H26Cl2FNO4. The second-order valence-corrected chi connectivity index (χ2v) is 8.82. The average Bonchev–Trinajstić information content (AvgIpc) is 2.62. The molecule has 2 rings (SSSR count). The fourth-order valence-electron chi connectivity index (χ4n) is 3.04. The van der Waals surface area contributed by atoms with Crippen molar-refractivity contribution in [2.45, 2.75) is 52.7 Å². The van der Waals surface area contributed by atoms with Gasteiger partial charge in [-0.15, -0.1) is 0 Å². The van der Waals surface area contributed by atoms with Gasteiger partial charge in [0.15, 0.2) is 0 Å². The summed E-state index contributed by atoms with van der Waals surface area (Å²) in [7, 11) is 0. The lowest BCUT2D eigenvalue weighted by Gasteiger charge is -2.24. The summed E-state index contributed by atoms with van der Waals surface area (Å²) in [5, 5.41) is 3.38. The molecule has 1 atom stereocenters. The van der Waals surface area contributed by atoms with E-state index in [4.69, 9.17) is 32.7 Å². The van der Waals surface area contributed by atoms with E-state index in [0.29, 0.717) is 26.7 Å². The molecule has 0 radical (unpaired) electrons. The molecular weight excluding hydrogens is 444 g/mol. The number of alkyl carbamates (subject to hydrolysis) is 1. The molecule has 0 aliphatic rings. The van der Waals surface area contributed by atoms with Crippen molar-refractivity contribution in [3.05, 3.63) is 57.3 Å². The van der Waals surface area contributed by atoms with E-state index in [1.807, 2.05) is 0 Å². The maximum Gasteiger partial charge on any atom is 0.408 e. The number of aryl methyl sites for hydroxylation is 1. The number of carbonyl (C=O) groups excluding carboxylic acids is 2. The van der Waals surface area contributed by atoms with Gasteiger partial charge in [-0.3, -0.25) is 4.79 Å². The van der Waals surface area contributed by atoms with Crippen molar-refractivity contribution in [2.75, 3.05) is 6.61 Å². The lowest BCUT2D eigenvalue weighted by atomic mass is 9.94. The lowest BCUT2D eigenvalue weighted by Crippen LogP contribution is -2.36. The third-order valence-corrected chi connectivity index (χ3v) is 4.91. The van der Waals surface area contributed by atoms with Crippen LogP contribution in [-0.2, 0) is 14.3 Å². The molecule has 31 heavy (non-hydrogen) atoms. The zero-order valence-corrected chi connectivity index (χ0v) is 19.7. The fourth-order valence-corrected chi connectivity index (χ4v) is 3.66. The van der Waals surface area contributed by atoms with E-state index in [0.717, 1.165) is 0 Å². The van der Waals surface area contributed by atoms with Gasteiger partial charge < -0.3 is 14.8 Å². The monoisotopic (exact) mass is 469 g/mol. The van der Waals surface area contributed by atoms with Crippen LogP contribution in [0.4, 0.5) is 9.18 Å². The number of hydrogen-bond donors (Lipinski definition) is 1. The first-order valence-electron chi connectivity index (χ1n) is 9.82. The number of amides is 1. The molecule has 0 aromatic heterocycles. The van der Waals surface area contributed by atoms with Crippen LogP contribution in [0, 0.1) is 12.7 Å². The highest BCUT2D eigenvalue weighted by Gasteiger charge is 2.27. The van der Waals surface area contributed by atoms with Crippen molar-refractivity contribution < 1.29 is 23.5 Å². The number of ether oxygens (including phenoxy) is 2. The van der Waals surface area contributed by atoms with Gasteiger partial charge in [0.2, 0.25) is 0 Å². The molecule has 0 bridgehead atoms. The summed E-state index contributed by atoms with van der Waals surface area (Å²) in [6.07, 6.45) is -1.05. The first-order valence-corrected chi connectivity index (χ1v) is 10.6. The predicted molar refractivity (Wildman–Crippen MR) is 120 cm³/mol. The molecule has 1 unspecified atom stereocenters. The Bertz CT molecular complexity index is 953. The predicted octanol–water partition coefficient (Wildman–Crippen LogP) is 6.63. The highest BCUT2D eigenvalue weighted by molar-refractivity contribution is 6.39. The quantitative estimate of drug-likeness (QED) is 0.482. The van der Waals surface area contributed by atoms with Crippen molar-refractivity contribution in [1.29, 1.82) is 0 Å². The van der Waals surface area contributed by atoms with Crippen LogP contribution in [0.5, 0.6) is 0 Å². The van der Waals surface area contributed by atoms with Crippen molar-refractivity contribution in [3.8, 4) is 11.1 Å². The number of benzene rings is 2. The van der Waals surface area contributed by atoms with Crippen LogP contribution in [0.25, 0.3) is 11.1 Å². The standard InChI is InChI=1S/C23H26Cl2FNO4/c1-6-30-19(28)12-18(27-22(29)31-23(3,4)5)15-11-14(10-13(2)21(15)26)20-16(24)8-7-9-17(20)25/h7-11,18H,6,12H2,1-5H3,(H,27,29). The second-order valence-electron chi connectivity index (χ2n) is 8.00. The highest BCUT2D eigenvalue weighted by atomic mass is 35.5.